The van der Waals surface area contributed by atoms with Crippen LogP contribution in [-0.4, -0.2) is 0 Å². The van der Waals surface area contributed by atoms with E-state index in [0.717, 1.165) is 11.1 Å². The van der Waals surface area contributed by atoms with Gasteiger partial charge in [-0.1, -0.05) is 131 Å². The molecular formula is C37H42. The molecule has 4 rings (SSSR count). The molecule has 0 unspecified atom stereocenters. The minimum atomic E-state index is 1.05. The third-order valence-electron chi connectivity index (χ3n) is 7.32. The van der Waals surface area contributed by atoms with E-state index in [0.29, 0.717) is 0 Å². The summed E-state index contributed by atoms with van der Waals surface area (Å²) in [5.41, 5.74) is 7.52. The lowest BCUT2D eigenvalue weighted by molar-refractivity contribution is 0.607. The summed E-state index contributed by atoms with van der Waals surface area (Å²) in [6.07, 6.45) is 14.3. The highest BCUT2D eigenvalue weighted by Gasteiger charge is 2.01. The first-order valence-electron chi connectivity index (χ1n) is 14.5. The number of fused-ring (bicyclic) bond motifs is 1. The molecule has 37 heavy (non-hydrogen) atoms. The summed E-state index contributed by atoms with van der Waals surface area (Å²) < 4.78 is 0. The topological polar surface area (TPSA) is 0 Å². The fourth-order valence-electron chi connectivity index (χ4n) is 4.97. The molecule has 0 bridgehead atoms. The first kappa shape index (κ1) is 26.8. The van der Waals surface area contributed by atoms with Crippen molar-refractivity contribution in [2.75, 3.05) is 0 Å². The van der Waals surface area contributed by atoms with E-state index in [2.05, 4.69) is 111 Å². The van der Waals surface area contributed by atoms with Gasteiger partial charge in [0.05, 0.1) is 0 Å². The molecule has 0 amide bonds. The van der Waals surface area contributed by atoms with Gasteiger partial charge in [-0.15, -0.1) is 0 Å². The molecule has 0 saturated heterocycles. The summed E-state index contributed by atoms with van der Waals surface area (Å²) in [4.78, 5) is 0. The van der Waals surface area contributed by atoms with Crippen molar-refractivity contribution in [2.24, 2.45) is 0 Å². The average Bonchev–Trinajstić information content (AvgIpc) is 2.94. The number of rotatable bonds is 12. The van der Waals surface area contributed by atoms with Gasteiger partial charge in [-0.3, -0.25) is 0 Å². The SMILES string of the molecule is CCCCCCCCc1ccc(-c2ccc(C#Cc3ccc4cc(CCCCC)ccc4c3)cc2)cc1. The van der Waals surface area contributed by atoms with Crippen LogP contribution in [-0.2, 0) is 12.8 Å². The zero-order chi connectivity index (χ0) is 25.7. The molecular weight excluding hydrogens is 444 g/mol. The van der Waals surface area contributed by atoms with Crippen molar-refractivity contribution in [3.05, 3.63) is 107 Å². The van der Waals surface area contributed by atoms with Gasteiger partial charge in [-0.2, -0.15) is 0 Å². The highest BCUT2D eigenvalue weighted by atomic mass is 14.1. The van der Waals surface area contributed by atoms with Crippen molar-refractivity contribution in [2.45, 2.75) is 84.5 Å². The predicted molar refractivity (Wildman–Crippen MR) is 162 cm³/mol. The fraction of sp³-hybridized carbons (Fsp3) is 0.351. The summed E-state index contributed by atoms with van der Waals surface area (Å²) in [6.45, 7) is 4.53. The lowest BCUT2D eigenvalue weighted by atomic mass is 10.00. The third-order valence-corrected chi connectivity index (χ3v) is 7.32. The number of hydrogen-bond donors (Lipinski definition) is 0. The minimum Gasteiger partial charge on any atom is -0.0654 e. The standard InChI is InChI=1S/C37H42/c1-3-5-7-8-9-11-12-30-16-22-34(23-17-30)35-24-18-31(19-25-35)14-15-33-21-27-36-28-32(13-10-6-4-2)20-26-37(36)29-33/h16-29H,3-13H2,1-2H3. The predicted octanol–water partition coefficient (Wildman–Crippen LogP) is 10.5. The van der Waals surface area contributed by atoms with Crippen LogP contribution in [0.15, 0.2) is 84.9 Å². The minimum absolute atomic E-state index is 1.05. The molecule has 0 heterocycles. The van der Waals surface area contributed by atoms with Crippen molar-refractivity contribution in [3.63, 3.8) is 0 Å². The van der Waals surface area contributed by atoms with Crippen LogP contribution in [0.3, 0.4) is 0 Å². The zero-order valence-corrected chi connectivity index (χ0v) is 22.9. The number of hydrogen-bond acceptors (Lipinski definition) is 0. The van der Waals surface area contributed by atoms with Gasteiger partial charge in [0.25, 0.3) is 0 Å². The Hall–Kier alpha value is -3.30. The van der Waals surface area contributed by atoms with Crippen molar-refractivity contribution in [3.8, 4) is 23.0 Å². The summed E-state index contributed by atoms with van der Waals surface area (Å²) >= 11 is 0. The smallest absolute Gasteiger partial charge is 0.0255 e. The first-order valence-corrected chi connectivity index (χ1v) is 14.5. The van der Waals surface area contributed by atoms with Crippen LogP contribution in [0.2, 0.25) is 0 Å². The fourth-order valence-corrected chi connectivity index (χ4v) is 4.97. The molecule has 4 aromatic rings. The molecule has 0 atom stereocenters. The van der Waals surface area contributed by atoms with Crippen LogP contribution in [0.1, 0.15) is 93.9 Å². The van der Waals surface area contributed by atoms with Gasteiger partial charge < -0.3 is 0 Å². The normalized spacial score (nSPS) is 10.9. The highest BCUT2D eigenvalue weighted by molar-refractivity contribution is 5.84. The Labute approximate surface area is 225 Å². The Morgan fingerprint density at radius 3 is 1.68 bits per heavy atom. The van der Waals surface area contributed by atoms with Gasteiger partial charge in [0.1, 0.15) is 0 Å². The van der Waals surface area contributed by atoms with E-state index < -0.39 is 0 Å². The molecule has 0 nitrogen and oxygen atoms in total. The molecule has 0 radical (unpaired) electrons. The molecule has 0 aliphatic heterocycles. The molecule has 0 N–H and O–H groups in total. The van der Waals surface area contributed by atoms with Crippen LogP contribution < -0.4 is 0 Å². The van der Waals surface area contributed by atoms with E-state index in [1.54, 1.807) is 0 Å². The molecule has 190 valence electrons. The van der Waals surface area contributed by atoms with Crippen molar-refractivity contribution in [1.82, 2.24) is 0 Å². The number of benzene rings is 4. The first-order chi connectivity index (χ1) is 18.2. The largest absolute Gasteiger partial charge is 0.0654 e. The second-order valence-electron chi connectivity index (χ2n) is 10.4. The van der Waals surface area contributed by atoms with Crippen LogP contribution in [0, 0.1) is 11.8 Å². The molecule has 0 aliphatic rings. The van der Waals surface area contributed by atoms with Crippen LogP contribution in [0.5, 0.6) is 0 Å². The Bertz CT molecular complexity index is 1300. The maximum absolute atomic E-state index is 3.36. The maximum atomic E-state index is 3.36. The lowest BCUT2D eigenvalue weighted by Gasteiger charge is -2.05. The molecule has 0 spiro atoms. The van der Waals surface area contributed by atoms with Gasteiger partial charge in [0.2, 0.25) is 0 Å². The van der Waals surface area contributed by atoms with Crippen molar-refractivity contribution < 1.29 is 0 Å². The van der Waals surface area contributed by atoms with E-state index in [9.17, 15) is 0 Å². The van der Waals surface area contributed by atoms with Crippen molar-refractivity contribution >= 4 is 10.8 Å². The third kappa shape index (κ3) is 8.36. The Kier molecular flexibility index (Phi) is 10.4. The molecule has 0 aliphatic carbocycles. The molecule has 0 saturated carbocycles. The summed E-state index contributed by atoms with van der Waals surface area (Å²) in [5.74, 6) is 6.71. The summed E-state index contributed by atoms with van der Waals surface area (Å²) in [7, 11) is 0. The molecule has 0 heteroatoms. The number of aryl methyl sites for hydroxylation is 2. The van der Waals surface area contributed by atoms with Gasteiger partial charge in [-0.05, 0) is 83.0 Å². The van der Waals surface area contributed by atoms with Gasteiger partial charge >= 0.3 is 0 Å². The van der Waals surface area contributed by atoms with Gasteiger partial charge in [0.15, 0.2) is 0 Å². The average molecular weight is 487 g/mol. The van der Waals surface area contributed by atoms with Gasteiger partial charge in [-0.25, -0.2) is 0 Å². The summed E-state index contributed by atoms with van der Waals surface area (Å²) in [5, 5.41) is 2.57. The van der Waals surface area contributed by atoms with E-state index in [4.69, 9.17) is 0 Å². The van der Waals surface area contributed by atoms with Crippen LogP contribution >= 0.6 is 0 Å². The molecule has 0 fully saturated rings. The van der Waals surface area contributed by atoms with Crippen molar-refractivity contribution in [1.29, 1.82) is 0 Å². The van der Waals surface area contributed by atoms with Crippen LogP contribution in [0.25, 0.3) is 21.9 Å². The lowest BCUT2D eigenvalue weighted by Crippen LogP contribution is -1.87. The van der Waals surface area contributed by atoms with Crippen LogP contribution in [0.4, 0.5) is 0 Å². The van der Waals surface area contributed by atoms with E-state index >= 15 is 0 Å². The molecule has 4 aromatic carbocycles. The quantitative estimate of drug-likeness (QED) is 0.138. The monoisotopic (exact) mass is 486 g/mol. The highest BCUT2D eigenvalue weighted by Crippen LogP contribution is 2.22. The Morgan fingerprint density at radius 1 is 0.432 bits per heavy atom. The maximum Gasteiger partial charge on any atom is 0.0255 e. The second-order valence-corrected chi connectivity index (χ2v) is 10.4. The van der Waals surface area contributed by atoms with E-state index in [1.165, 1.54) is 104 Å². The van der Waals surface area contributed by atoms with E-state index in [1.807, 2.05) is 0 Å². The van der Waals surface area contributed by atoms with Gasteiger partial charge in [0, 0.05) is 11.1 Å². The molecule has 0 aromatic heterocycles. The Morgan fingerprint density at radius 2 is 0.919 bits per heavy atom. The number of unbranched alkanes of at least 4 members (excludes halogenated alkanes) is 7. The second kappa shape index (κ2) is 14.4. The zero-order valence-electron chi connectivity index (χ0n) is 22.9. The Balaban J connectivity index is 1.33. The summed E-state index contributed by atoms with van der Waals surface area (Å²) in [6, 6.07) is 31.2. The van der Waals surface area contributed by atoms with E-state index in [-0.39, 0.29) is 0 Å².